The van der Waals surface area contributed by atoms with Gasteiger partial charge in [-0.15, -0.1) is 0 Å². The van der Waals surface area contributed by atoms with Crippen molar-refractivity contribution < 1.29 is 19.4 Å². The SMILES string of the molecule is CC[C@@H]1C(=O)C2C3CC[C@H]([C@H](C)CC(=O)OC)[C@@]3(C)CCC2[C@@]2(C)CC[C@@H](O)C[C@@H]12. The Balaban J connectivity index is 1.64. The molecule has 0 amide bonds. The Morgan fingerprint density at radius 3 is 2.43 bits per heavy atom. The first kappa shape index (κ1) is 22.3. The van der Waals surface area contributed by atoms with E-state index in [9.17, 15) is 14.7 Å². The molecule has 4 aliphatic carbocycles. The number of hydrogen-bond acceptors (Lipinski definition) is 4. The Morgan fingerprint density at radius 2 is 1.77 bits per heavy atom. The van der Waals surface area contributed by atoms with Crippen LogP contribution >= 0.6 is 0 Å². The standard InChI is InChI=1S/C26H42O4/c1-6-17-21-14-16(27)9-11-26(21,4)20-10-12-25(3)18(15(2)13-22(28)30-5)7-8-19(25)23(20)24(17)29/h15-21,23,27H,6-14H2,1-5H3/t15-,16-,17+,18-,19?,20?,21+,23?,25-,26-/m1/s1. The number of carbonyl (C=O) groups excluding carboxylic acids is 2. The van der Waals surface area contributed by atoms with Gasteiger partial charge >= 0.3 is 5.97 Å². The van der Waals surface area contributed by atoms with Gasteiger partial charge in [0.2, 0.25) is 0 Å². The van der Waals surface area contributed by atoms with E-state index in [2.05, 4.69) is 27.7 Å². The number of esters is 1. The Kier molecular flexibility index (Phi) is 5.87. The van der Waals surface area contributed by atoms with Crippen molar-refractivity contribution in [1.82, 2.24) is 0 Å². The highest BCUT2D eigenvalue weighted by Crippen LogP contribution is 2.68. The molecular formula is C26H42O4. The molecule has 0 radical (unpaired) electrons. The molecule has 4 nitrogen and oxygen atoms in total. The molecule has 0 aromatic rings. The lowest BCUT2D eigenvalue weighted by molar-refractivity contribution is -0.173. The maximum absolute atomic E-state index is 13.9. The van der Waals surface area contributed by atoms with Crippen LogP contribution in [0.3, 0.4) is 0 Å². The highest BCUT2D eigenvalue weighted by Gasteiger charge is 2.65. The first-order valence-corrected chi connectivity index (χ1v) is 12.5. The highest BCUT2D eigenvalue weighted by molar-refractivity contribution is 5.86. The number of hydrogen-bond donors (Lipinski definition) is 1. The number of methoxy groups -OCH3 is 1. The van der Waals surface area contributed by atoms with E-state index >= 15 is 0 Å². The molecule has 0 bridgehead atoms. The number of ether oxygens (including phenoxy) is 1. The molecule has 4 rings (SSSR count). The second-order valence-electron chi connectivity index (χ2n) is 11.7. The summed E-state index contributed by atoms with van der Waals surface area (Å²) in [6.07, 6.45) is 8.48. The summed E-state index contributed by atoms with van der Waals surface area (Å²) < 4.78 is 4.95. The van der Waals surface area contributed by atoms with Gasteiger partial charge in [0.15, 0.2) is 0 Å². The number of aliphatic hydroxyl groups excluding tert-OH is 1. The van der Waals surface area contributed by atoms with Crippen molar-refractivity contribution in [2.24, 2.45) is 52.3 Å². The fourth-order valence-electron chi connectivity index (χ4n) is 9.10. The van der Waals surface area contributed by atoms with E-state index in [4.69, 9.17) is 4.74 Å². The summed E-state index contributed by atoms with van der Waals surface area (Å²) in [7, 11) is 1.48. The maximum atomic E-state index is 13.9. The summed E-state index contributed by atoms with van der Waals surface area (Å²) in [6, 6.07) is 0. The van der Waals surface area contributed by atoms with E-state index < -0.39 is 0 Å². The summed E-state index contributed by atoms with van der Waals surface area (Å²) in [5.74, 6) is 2.76. The lowest BCUT2D eigenvalue weighted by Crippen LogP contribution is -2.60. The largest absolute Gasteiger partial charge is 0.469 e. The van der Waals surface area contributed by atoms with Crippen LogP contribution in [0, 0.1) is 52.3 Å². The molecule has 3 unspecified atom stereocenters. The second-order valence-corrected chi connectivity index (χ2v) is 11.7. The molecule has 0 spiro atoms. The van der Waals surface area contributed by atoms with Crippen molar-refractivity contribution in [2.45, 2.75) is 91.6 Å². The molecule has 1 N–H and O–H groups in total. The molecule has 30 heavy (non-hydrogen) atoms. The van der Waals surface area contributed by atoms with Gasteiger partial charge < -0.3 is 9.84 Å². The minimum atomic E-state index is -0.231. The first-order valence-electron chi connectivity index (χ1n) is 12.5. The molecule has 0 aromatic carbocycles. The van der Waals surface area contributed by atoms with Crippen LogP contribution < -0.4 is 0 Å². The van der Waals surface area contributed by atoms with Crippen molar-refractivity contribution >= 4 is 11.8 Å². The predicted molar refractivity (Wildman–Crippen MR) is 117 cm³/mol. The lowest BCUT2D eigenvalue weighted by Gasteiger charge is -2.62. The highest BCUT2D eigenvalue weighted by atomic mass is 16.5. The van der Waals surface area contributed by atoms with Crippen LogP contribution in [-0.2, 0) is 14.3 Å². The van der Waals surface area contributed by atoms with Crippen molar-refractivity contribution in [3.63, 3.8) is 0 Å². The minimum absolute atomic E-state index is 0.111. The quantitative estimate of drug-likeness (QED) is 0.651. The van der Waals surface area contributed by atoms with Gasteiger partial charge in [-0.3, -0.25) is 9.59 Å². The molecular weight excluding hydrogens is 376 g/mol. The molecule has 4 heteroatoms. The van der Waals surface area contributed by atoms with Crippen LogP contribution in [0.15, 0.2) is 0 Å². The molecule has 4 fully saturated rings. The number of ketones is 1. The zero-order valence-electron chi connectivity index (χ0n) is 19.7. The Hall–Kier alpha value is -0.900. The van der Waals surface area contributed by atoms with E-state index in [0.717, 1.165) is 44.9 Å². The summed E-state index contributed by atoms with van der Waals surface area (Å²) in [5.41, 5.74) is 0.343. The summed E-state index contributed by atoms with van der Waals surface area (Å²) >= 11 is 0. The summed E-state index contributed by atoms with van der Waals surface area (Å²) in [4.78, 5) is 25.9. The van der Waals surface area contributed by atoms with Gasteiger partial charge in [-0.2, -0.15) is 0 Å². The Morgan fingerprint density at radius 1 is 1.10 bits per heavy atom. The van der Waals surface area contributed by atoms with Crippen molar-refractivity contribution in [3.05, 3.63) is 0 Å². The van der Waals surface area contributed by atoms with E-state index in [0.29, 0.717) is 41.8 Å². The van der Waals surface area contributed by atoms with Crippen molar-refractivity contribution in [2.75, 3.05) is 7.11 Å². The molecule has 0 heterocycles. The molecule has 0 aliphatic heterocycles. The smallest absolute Gasteiger partial charge is 0.305 e. The van der Waals surface area contributed by atoms with Crippen LogP contribution in [0.2, 0.25) is 0 Å². The van der Waals surface area contributed by atoms with Crippen molar-refractivity contribution in [1.29, 1.82) is 0 Å². The average Bonchev–Trinajstić information content (AvgIpc) is 3.06. The molecule has 0 saturated heterocycles. The maximum Gasteiger partial charge on any atom is 0.305 e. The molecule has 4 saturated carbocycles. The normalized spacial score (nSPS) is 49.0. The average molecular weight is 419 g/mol. The van der Waals surface area contributed by atoms with Crippen LogP contribution in [0.4, 0.5) is 0 Å². The zero-order valence-corrected chi connectivity index (χ0v) is 19.7. The first-order chi connectivity index (χ1) is 14.2. The molecule has 170 valence electrons. The van der Waals surface area contributed by atoms with Gasteiger partial charge in [-0.05, 0) is 91.8 Å². The van der Waals surface area contributed by atoms with Gasteiger partial charge in [0.05, 0.1) is 13.2 Å². The van der Waals surface area contributed by atoms with Crippen LogP contribution in [0.25, 0.3) is 0 Å². The fourth-order valence-corrected chi connectivity index (χ4v) is 9.10. The monoisotopic (exact) mass is 418 g/mol. The summed E-state index contributed by atoms with van der Waals surface area (Å²) in [6.45, 7) is 9.25. The van der Waals surface area contributed by atoms with E-state index in [1.165, 1.54) is 13.5 Å². The van der Waals surface area contributed by atoms with E-state index in [-0.39, 0.29) is 34.7 Å². The number of carbonyl (C=O) groups is 2. The van der Waals surface area contributed by atoms with Crippen LogP contribution in [-0.4, -0.2) is 30.1 Å². The fraction of sp³-hybridized carbons (Fsp3) is 0.923. The van der Waals surface area contributed by atoms with Gasteiger partial charge in [-0.25, -0.2) is 0 Å². The Labute approximate surface area is 182 Å². The minimum Gasteiger partial charge on any atom is -0.469 e. The lowest BCUT2D eigenvalue weighted by atomic mass is 9.42. The third-order valence-corrected chi connectivity index (χ3v) is 10.6. The zero-order chi connectivity index (χ0) is 21.8. The second kappa shape index (κ2) is 7.90. The van der Waals surface area contributed by atoms with Crippen molar-refractivity contribution in [3.8, 4) is 0 Å². The van der Waals surface area contributed by atoms with E-state index in [1.54, 1.807) is 0 Å². The number of fused-ring (bicyclic) bond motifs is 5. The van der Waals surface area contributed by atoms with E-state index in [1.807, 2.05) is 0 Å². The third-order valence-electron chi connectivity index (χ3n) is 10.6. The number of aliphatic hydroxyl groups is 1. The van der Waals surface area contributed by atoms with Crippen LogP contribution in [0.5, 0.6) is 0 Å². The molecule has 10 atom stereocenters. The Bertz CT molecular complexity index is 689. The third kappa shape index (κ3) is 3.19. The summed E-state index contributed by atoms with van der Waals surface area (Å²) in [5, 5.41) is 10.4. The van der Waals surface area contributed by atoms with Crippen LogP contribution in [0.1, 0.15) is 85.5 Å². The number of Topliss-reactive ketones (excluding diaryl/α,β-unsaturated/α-hetero) is 1. The van der Waals surface area contributed by atoms with Gasteiger partial charge in [0, 0.05) is 18.3 Å². The topological polar surface area (TPSA) is 63.6 Å². The predicted octanol–water partition coefficient (Wildman–Crippen LogP) is 5.02. The molecule has 0 aromatic heterocycles. The van der Waals surface area contributed by atoms with Gasteiger partial charge in [-0.1, -0.05) is 27.7 Å². The number of rotatable bonds is 4. The van der Waals surface area contributed by atoms with Gasteiger partial charge in [0.25, 0.3) is 0 Å². The van der Waals surface area contributed by atoms with Gasteiger partial charge in [0.1, 0.15) is 5.78 Å². The molecule has 4 aliphatic rings.